The smallest absolute Gasteiger partial charge is 0.417 e. The molecule has 5 N–H and O–H groups in total. The molecule has 0 spiro atoms. The van der Waals surface area contributed by atoms with Crippen LogP contribution in [-0.2, 0) is 20.9 Å². The molecular weight excluding hydrogens is 618 g/mol. The van der Waals surface area contributed by atoms with E-state index in [0.717, 1.165) is 28.9 Å². The number of carbonyl (C=O) groups is 3. The van der Waals surface area contributed by atoms with Gasteiger partial charge in [-0.2, -0.15) is 0 Å². The monoisotopic (exact) mass is 661 g/mol. The van der Waals surface area contributed by atoms with E-state index in [9.17, 15) is 14.4 Å². The minimum atomic E-state index is -1.22. The van der Waals surface area contributed by atoms with E-state index in [4.69, 9.17) is 20.9 Å². The third-order valence-electron chi connectivity index (χ3n) is 8.56. The maximum absolute atomic E-state index is 14.9. The molecule has 0 aliphatic heterocycles. The van der Waals surface area contributed by atoms with Gasteiger partial charge >= 0.3 is 6.09 Å². The Hall–Kier alpha value is -5.64. The first-order chi connectivity index (χ1) is 23.9. The van der Waals surface area contributed by atoms with Crippen LogP contribution in [0.5, 0.6) is 5.75 Å². The molecule has 0 bridgehead atoms. The quantitative estimate of drug-likeness (QED) is 0.0843. The number of nitrogens with one attached hydrogen (secondary N) is 1. The van der Waals surface area contributed by atoms with Gasteiger partial charge in [-0.05, 0) is 66.0 Å². The molecule has 3 amide bonds. The zero-order chi connectivity index (χ0) is 34.6. The fraction of sp³-hybridized carbons (Fsp3) is 0.282. The summed E-state index contributed by atoms with van der Waals surface area (Å²) in [6.07, 6.45) is 1.39. The molecule has 0 radical (unpaired) electrons. The first kappa shape index (κ1) is 34.7. The van der Waals surface area contributed by atoms with Crippen LogP contribution in [0.3, 0.4) is 0 Å². The van der Waals surface area contributed by atoms with Crippen LogP contribution in [0.1, 0.15) is 59.9 Å². The minimum absolute atomic E-state index is 0.0797. The highest BCUT2D eigenvalue weighted by atomic mass is 16.6. The Kier molecular flexibility index (Phi) is 12.0. The van der Waals surface area contributed by atoms with Crippen LogP contribution >= 0.6 is 0 Å². The number of methoxy groups -OCH3 is 1. The third-order valence-corrected chi connectivity index (χ3v) is 8.56. The summed E-state index contributed by atoms with van der Waals surface area (Å²) in [6.45, 7) is 0.127. The molecule has 0 unspecified atom stereocenters. The summed E-state index contributed by atoms with van der Waals surface area (Å²) >= 11 is 0. The predicted molar refractivity (Wildman–Crippen MR) is 189 cm³/mol. The summed E-state index contributed by atoms with van der Waals surface area (Å²) in [5.74, 6) is -1.10. The molecule has 10 heteroatoms. The summed E-state index contributed by atoms with van der Waals surface area (Å²) in [5.41, 5.74) is 14.2. The molecule has 1 aliphatic rings. The van der Waals surface area contributed by atoms with E-state index in [-0.39, 0.29) is 37.5 Å². The van der Waals surface area contributed by atoms with Crippen molar-refractivity contribution in [1.82, 2.24) is 10.2 Å². The number of ether oxygens (including phenoxy) is 2. The number of hydrogen-bond donors (Lipinski definition) is 3. The number of nitrogens with zero attached hydrogens (tertiary/aromatic N) is 2. The summed E-state index contributed by atoms with van der Waals surface area (Å²) < 4.78 is 11.1. The van der Waals surface area contributed by atoms with E-state index in [1.165, 1.54) is 0 Å². The Labute approximate surface area is 287 Å². The Morgan fingerprint density at radius 2 is 1.39 bits per heavy atom. The molecule has 0 aromatic heterocycles. The molecule has 49 heavy (non-hydrogen) atoms. The Balaban J connectivity index is 1.54. The highest BCUT2D eigenvalue weighted by molar-refractivity contribution is 6.02. The second-order valence-corrected chi connectivity index (χ2v) is 12.1. The van der Waals surface area contributed by atoms with Crippen molar-refractivity contribution in [3.8, 4) is 5.75 Å². The second-order valence-electron chi connectivity index (χ2n) is 12.1. The number of nitrogens with two attached hydrogens (primary N) is 2. The highest BCUT2D eigenvalue weighted by Gasteiger charge is 2.42. The number of rotatable bonds is 15. The summed E-state index contributed by atoms with van der Waals surface area (Å²) in [7, 11) is 1.60. The normalized spacial score (nSPS) is 13.5. The molecule has 1 fully saturated rings. The van der Waals surface area contributed by atoms with Crippen LogP contribution in [0, 0.1) is 5.92 Å². The summed E-state index contributed by atoms with van der Waals surface area (Å²) in [6, 6.07) is 33.6. The Morgan fingerprint density at radius 3 is 1.92 bits per heavy atom. The minimum Gasteiger partial charge on any atom is -0.497 e. The van der Waals surface area contributed by atoms with Gasteiger partial charge in [0.05, 0.1) is 19.1 Å². The van der Waals surface area contributed by atoms with E-state index in [2.05, 4.69) is 10.3 Å². The molecule has 2 atom stereocenters. The molecule has 1 aliphatic carbocycles. The van der Waals surface area contributed by atoms with Crippen LogP contribution in [-0.4, -0.2) is 48.5 Å². The van der Waals surface area contributed by atoms with Crippen LogP contribution in [0.25, 0.3) is 0 Å². The van der Waals surface area contributed by atoms with Crippen LogP contribution in [0.15, 0.2) is 120 Å². The maximum atomic E-state index is 14.9. The lowest BCUT2D eigenvalue weighted by molar-refractivity contribution is -0.140. The largest absolute Gasteiger partial charge is 0.497 e. The van der Waals surface area contributed by atoms with Gasteiger partial charge in [-0.25, -0.2) is 9.69 Å². The van der Waals surface area contributed by atoms with Gasteiger partial charge in [0.25, 0.3) is 0 Å². The molecule has 5 rings (SSSR count). The number of guanidine groups is 1. The van der Waals surface area contributed by atoms with Crippen molar-refractivity contribution in [2.45, 2.75) is 50.3 Å². The Bertz CT molecular complexity index is 1650. The van der Waals surface area contributed by atoms with Gasteiger partial charge in [0, 0.05) is 6.54 Å². The van der Waals surface area contributed by atoms with E-state index >= 15 is 0 Å². The Morgan fingerprint density at radius 1 is 0.816 bits per heavy atom. The molecule has 10 nitrogen and oxygen atoms in total. The molecule has 1 saturated carbocycles. The molecular formula is C39H43N5O5. The van der Waals surface area contributed by atoms with Crippen molar-refractivity contribution in [2.24, 2.45) is 22.4 Å². The number of hydrogen-bond acceptors (Lipinski definition) is 6. The van der Waals surface area contributed by atoms with Crippen molar-refractivity contribution >= 4 is 23.9 Å². The van der Waals surface area contributed by atoms with Crippen molar-refractivity contribution in [2.75, 3.05) is 13.7 Å². The standard InChI is InChI=1S/C39H43N5O5/c1-48-32-23-21-31(22-24-32)35(30-19-20-30)43-36(45)33(18-11-25-42-38(40)41)44(39(47)49-26-27-12-5-2-6-13-27)37(46)34(28-14-7-3-8-15-28)29-16-9-4-10-17-29/h2-10,12-17,21-24,30,33-35H,11,18-20,25-26H2,1H3,(H,43,45)(H4,40,41,42)/t33-,35+/m1/s1. The number of amides is 3. The van der Waals surface area contributed by atoms with Crippen LogP contribution in [0.2, 0.25) is 0 Å². The van der Waals surface area contributed by atoms with Crippen molar-refractivity contribution in [1.29, 1.82) is 0 Å². The molecule has 4 aromatic rings. The zero-order valence-corrected chi connectivity index (χ0v) is 27.6. The highest BCUT2D eigenvalue weighted by Crippen LogP contribution is 2.41. The van der Waals surface area contributed by atoms with Crippen molar-refractivity contribution < 1.29 is 23.9 Å². The van der Waals surface area contributed by atoms with E-state index in [1.807, 2.05) is 115 Å². The van der Waals surface area contributed by atoms with Crippen LogP contribution < -0.4 is 21.5 Å². The number of carbonyl (C=O) groups excluding carboxylic acids is 3. The van der Waals surface area contributed by atoms with Gasteiger partial charge in [0.1, 0.15) is 18.4 Å². The number of imide groups is 1. The van der Waals surface area contributed by atoms with E-state index < -0.39 is 29.9 Å². The maximum Gasteiger partial charge on any atom is 0.417 e. The average molecular weight is 662 g/mol. The van der Waals surface area contributed by atoms with Gasteiger partial charge in [-0.15, -0.1) is 0 Å². The van der Waals surface area contributed by atoms with Crippen molar-refractivity contribution in [3.05, 3.63) is 138 Å². The first-order valence-corrected chi connectivity index (χ1v) is 16.5. The van der Waals surface area contributed by atoms with Gasteiger partial charge < -0.3 is 26.3 Å². The van der Waals surface area contributed by atoms with Gasteiger partial charge in [0.2, 0.25) is 11.8 Å². The zero-order valence-electron chi connectivity index (χ0n) is 27.6. The van der Waals surface area contributed by atoms with Gasteiger partial charge in [0.15, 0.2) is 5.96 Å². The SMILES string of the molecule is COc1ccc([C@@H](NC(=O)[C@@H](CCCN=C(N)N)N(C(=O)OCc2ccccc2)C(=O)C(c2ccccc2)c2ccccc2)C2CC2)cc1. The predicted octanol–water partition coefficient (Wildman–Crippen LogP) is 5.68. The number of aliphatic imine (C=N–C) groups is 1. The lowest BCUT2D eigenvalue weighted by Gasteiger charge is -2.33. The first-order valence-electron chi connectivity index (χ1n) is 16.5. The summed E-state index contributed by atoms with van der Waals surface area (Å²) in [5, 5.41) is 3.20. The van der Waals surface area contributed by atoms with Gasteiger partial charge in [-0.3, -0.25) is 14.6 Å². The van der Waals surface area contributed by atoms with E-state index in [0.29, 0.717) is 23.3 Å². The van der Waals surface area contributed by atoms with Crippen molar-refractivity contribution in [3.63, 3.8) is 0 Å². The molecule has 0 saturated heterocycles. The number of benzene rings is 4. The molecule has 4 aromatic carbocycles. The van der Waals surface area contributed by atoms with E-state index in [1.54, 1.807) is 7.11 Å². The van der Waals surface area contributed by atoms with Crippen LogP contribution in [0.4, 0.5) is 4.79 Å². The fourth-order valence-corrected chi connectivity index (χ4v) is 5.90. The average Bonchev–Trinajstić information content (AvgIpc) is 3.98. The molecule has 0 heterocycles. The lowest BCUT2D eigenvalue weighted by atomic mass is 9.89. The lowest BCUT2D eigenvalue weighted by Crippen LogP contribution is -2.54. The fourth-order valence-electron chi connectivity index (χ4n) is 5.90. The van der Waals surface area contributed by atoms with Gasteiger partial charge in [-0.1, -0.05) is 103 Å². The topological polar surface area (TPSA) is 149 Å². The second kappa shape index (κ2) is 17.0. The molecule has 254 valence electrons. The third kappa shape index (κ3) is 9.47. The summed E-state index contributed by atoms with van der Waals surface area (Å²) in [4.78, 5) is 48.7.